The third-order valence-corrected chi connectivity index (χ3v) is 13.5. The minimum atomic E-state index is -0.858. The second-order valence-corrected chi connectivity index (χ2v) is 17.8. The molecule has 5 aromatic rings. The van der Waals surface area contributed by atoms with Crippen molar-refractivity contribution in [2.75, 3.05) is 26.6 Å². The van der Waals surface area contributed by atoms with Gasteiger partial charge in [-0.3, -0.25) is 9.59 Å². The van der Waals surface area contributed by atoms with E-state index in [1.54, 1.807) is 63.8 Å². The van der Waals surface area contributed by atoms with E-state index in [0.717, 1.165) is 39.1 Å². The predicted octanol–water partition coefficient (Wildman–Crippen LogP) is 11.3. The number of halogens is 2. The summed E-state index contributed by atoms with van der Waals surface area (Å²) in [4.78, 5) is 51.8. The van der Waals surface area contributed by atoms with Crippen LogP contribution >= 0.6 is 11.6 Å². The van der Waals surface area contributed by atoms with Crippen molar-refractivity contribution in [2.45, 2.75) is 69.7 Å². The van der Waals surface area contributed by atoms with Gasteiger partial charge in [0.15, 0.2) is 23.1 Å². The number of anilines is 1. The van der Waals surface area contributed by atoms with Gasteiger partial charge in [0.25, 0.3) is 0 Å². The van der Waals surface area contributed by atoms with Crippen LogP contribution in [0.4, 0.5) is 10.1 Å². The second-order valence-electron chi connectivity index (χ2n) is 17.4. The normalized spacial score (nSPS) is 20.3. The molecule has 10 nitrogen and oxygen atoms in total. The van der Waals surface area contributed by atoms with Gasteiger partial charge in [-0.2, -0.15) is 0 Å². The number of ketones is 2. The molecule has 0 saturated heterocycles. The van der Waals surface area contributed by atoms with Crippen LogP contribution in [-0.2, 0) is 20.8 Å². The SMILES string of the molecule is COc1ccc(CC(=O)C2=C(C)CC3=C(C(=O)CC(c4ccc(OC)c(OC)c4)C3)C2c2cccc(F)c2)cc1.Cc1ccc(C(=O)Oc2ccc3c(c2)C2C=CCC2C(C(=O)O)N3)c(Cl)c1. The summed E-state index contributed by atoms with van der Waals surface area (Å²) in [5, 5.41) is 12.9. The molecule has 344 valence electrons. The Morgan fingerprint density at radius 1 is 0.821 bits per heavy atom. The first-order chi connectivity index (χ1) is 32.3. The van der Waals surface area contributed by atoms with Crippen LogP contribution in [-0.4, -0.2) is 56.0 Å². The molecule has 4 aliphatic rings. The summed E-state index contributed by atoms with van der Waals surface area (Å²) in [6.07, 6.45) is 6.46. The van der Waals surface area contributed by atoms with Gasteiger partial charge in [0.05, 0.1) is 31.9 Å². The van der Waals surface area contributed by atoms with Crippen molar-refractivity contribution in [3.8, 4) is 23.0 Å². The number of carbonyl (C=O) groups is 4. The van der Waals surface area contributed by atoms with Crippen LogP contribution in [0, 0.1) is 18.7 Å². The van der Waals surface area contributed by atoms with Crippen LogP contribution in [0.15, 0.2) is 138 Å². The number of rotatable bonds is 11. The van der Waals surface area contributed by atoms with E-state index in [0.29, 0.717) is 76.0 Å². The highest BCUT2D eigenvalue weighted by Gasteiger charge is 2.42. The van der Waals surface area contributed by atoms with Crippen LogP contribution in [0.2, 0.25) is 5.02 Å². The maximum Gasteiger partial charge on any atom is 0.345 e. The lowest BCUT2D eigenvalue weighted by atomic mass is 9.66. The van der Waals surface area contributed by atoms with Crippen molar-refractivity contribution in [2.24, 2.45) is 5.92 Å². The molecule has 0 radical (unpaired) electrons. The number of aliphatic carboxylic acids is 1. The van der Waals surface area contributed by atoms with Gasteiger partial charge in [-0.25, -0.2) is 14.0 Å². The Bertz CT molecular complexity index is 2870. The number of nitrogens with one attached hydrogen (secondary N) is 1. The van der Waals surface area contributed by atoms with E-state index >= 15 is 0 Å². The number of allylic oxidation sites excluding steroid dienone is 6. The highest BCUT2D eigenvalue weighted by molar-refractivity contribution is 6.33. The van der Waals surface area contributed by atoms with Crippen LogP contribution in [0.5, 0.6) is 23.0 Å². The number of fused-ring (bicyclic) bond motifs is 3. The van der Waals surface area contributed by atoms with Gasteiger partial charge in [-0.1, -0.05) is 71.3 Å². The zero-order valence-electron chi connectivity index (χ0n) is 37.9. The number of benzene rings is 5. The van der Waals surface area contributed by atoms with Crippen LogP contribution in [0.3, 0.4) is 0 Å². The van der Waals surface area contributed by atoms with Crippen molar-refractivity contribution in [3.05, 3.63) is 182 Å². The third-order valence-electron chi connectivity index (χ3n) is 13.2. The number of methoxy groups -OCH3 is 3. The van der Waals surface area contributed by atoms with Crippen molar-refractivity contribution in [1.82, 2.24) is 0 Å². The fourth-order valence-electron chi connectivity index (χ4n) is 9.96. The molecule has 0 bridgehead atoms. The molecule has 12 heteroatoms. The molecule has 67 heavy (non-hydrogen) atoms. The minimum Gasteiger partial charge on any atom is -0.497 e. The van der Waals surface area contributed by atoms with E-state index < -0.39 is 29.7 Å². The summed E-state index contributed by atoms with van der Waals surface area (Å²) < 4.78 is 36.1. The lowest BCUT2D eigenvalue weighted by Gasteiger charge is -2.36. The first-order valence-electron chi connectivity index (χ1n) is 22.1. The molecule has 1 aliphatic heterocycles. The van der Waals surface area contributed by atoms with Gasteiger partial charge in [0.1, 0.15) is 23.4 Å². The molecular weight excluding hydrogens is 873 g/mol. The molecule has 3 aliphatic carbocycles. The van der Waals surface area contributed by atoms with Gasteiger partial charge in [0.2, 0.25) is 0 Å². The summed E-state index contributed by atoms with van der Waals surface area (Å²) in [5.74, 6) is -0.129. The van der Waals surface area contributed by atoms with Crippen molar-refractivity contribution >= 4 is 40.8 Å². The van der Waals surface area contributed by atoms with E-state index in [9.17, 15) is 28.7 Å². The molecule has 5 aromatic carbocycles. The Morgan fingerprint density at radius 3 is 2.28 bits per heavy atom. The lowest BCUT2D eigenvalue weighted by Crippen LogP contribution is -2.41. The maximum atomic E-state index is 14.5. The fourth-order valence-corrected chi connectivity index (χ4v) is 10.3. The van der Waals surface area contributed by atoms with E-state index in [2.05, 4.69) is 5.32 Å². The number of hydrogen-bond donors (Lipinski definition) is 2. The zero-order valence-corrected chi connectivity index (χ0v) is 38.6. The van der Waals surface area contributed by atoms with Gasteiger partial charge < -0.3 is 29.4 Å². The average Bonchev–Trinajstić information content (AvgIpc) is 3.81. The molecule has 0 amide bonds. The Balaban J connectivity index is 0.000000196. The molecule has 0 aromatic heterocycles. The minimum absolute atomic E-state index is 0.00227. The third kappa shape index (κ3) is 9.79. The van der Waals surface area contributed by atoms with Crippen molar-refractivity contribution < 1.29 is 47.6 Å². The smallest absolute Gasteiger partial charge is 0.345 e. The highest BCUT2D eigenvalue weighted by atomic mass is 35.5. The van der Waals surface area contributed by atoms with Gasteiger partial charge >= 0.3 is 11.9 Å². The number of ether oxygens (including phenoxy) is 4. The second kappa shape index (κ2) is 19.9. The number of carboxylic acid groups (broad SMARTS) is 1. The summed E-state index contributed by atoms with van der Waals surface area (Å²) >= 11 is 6.15. The first-order valence-corrected chi connectivity index (χ1v) is 22.5. The largest absolute Gasteiger partial charge is 0.497 e. The summed E-state index contributed by atoms with van der Waals surface area (Å²) in [5.41, 5.74) is 8.62. The lowest BCUT2D eigenvalue weighted by molar-refractivity contribution is -0.139. The quantitative estimate of drug-likeness (QED) is 0.0748. The number of carboxylic acids is 1. The number of Topliss-reactive ketones (excluding diaryl/α,β-unsaturated/α-hetero) is 2. The molecular formula is C55H51ClFNO9. The maximum absolute atomic E-state index is 14.5. The summed E-state index contributed by atoms with van der Waals surface area (Å²) in [6, 6.07) is 29.2. The standard InChI is InChI=1S/C34H33FO5.C21H18ClNO4/c1-20-14-25-16-24(22-10-13-30(39-3)31(19-22)40-4)18-29(37)33(25)34(23-6-5-7-26(35)17-23)32(20)28(36)15-21-8-11-27(38-2)12-9-21;1-11-5-7-15(17(22)9-11)21(26)27-12-6-8-18-16(10-12)13-3-2-4-14(13)19(23-18)20(24)25/h5-13,17,19,24,34H,14-16,18H2,1-4H3;2-3,5-10,13-14,19,23H,4H2,1H3,(H,24,25). The molecule has 0 spiro atoms. The van der Waals surface area contributed by atoms with Crippen LogP contribution < -0.4 is 24.3 Å². The van der Waals surface area contributed by atoms with Crippen molar-refractivity contribution in [1.29, 1.82) is 0 Å². The number of hydrogen-bond acceptors (Lipinski definition) is 9. The fraction of sp³-hybridized carbons (Fsp3) is 0.273. The van der Waals surface area contributed by atoms with Crippen LogP contribution in [0.1, 0.15) is 88.5 Å². The van der Waals surface area contributed by atoms with E-state index in [1.807, 2.05) is 74.5 Å². The molecule has 5 unspecified atom stereocenters. The number of aryl methyl sites for hydroxylation is 1. The molecule has 5 atom stereocenters. The topological polar surface area (TPSA) is 137 Å². The monoisotopic (exact) mass is 923 g/mol. The Kier molecular flexibility index (Phi) is 13.8. The molecule has 2 N–H and O–H groups in total. The average molecular weight is 924 g/mol. The summed E-state index contributed by atoms with van der Waals surface area (Å²) in [7, 11) is 4.79. The Morgan fingerprint density at radius 2 is 1.58 bits per heavy atom. The highest BCUT2D eigenvalue weighted by Crippen LogP contribution is 2.50. The number of carbonyl (C=O) groups excluding carboxylic acids is 3. The van der Waals surface area contributed by atoms with Crippen molar-refractivity contribution in [3.63, 3.8) is 0 Å². The molecule has 9 rings (SSSR count). The van der Waals surface area contributed by atoms with Gasteiger partial charge in [-0.15, -0.1) is 0 Å². The Hall–Kier alpha value is -6.98. The molecule has 1 heterocycles. The van der Waals surface area contributed by atoms with Gasteiger partial charge in [0, 0.05) is 47.4 Å². The van der Waals surface area contributed by atoms with E-state index in [-0.39, 0.29) is 35.7 Å². The van der Waals surface area contributed by atoms with Gasteiger partial charge in [-0.05, 0) is 134 Å². The molecule has 0 saturated carbocycles. The van der Waals surface area contributed by atoms with Crippen LogP contribution in [0.25, 0.3) is 0 Å². The predicted molar refractivity (Wildman–Crippen MR) is 254 cm³/mol. The zero-order chi connectivity index (χ0) is 47.5. The first kappa shape index (κ1) is 46.5. The molecule has 0 fully saturated rings. The number of esters is 1. The van der Waals surface area contributed by atoms with E-state index in [1.165, 1.54) is 12.1 Å². The summed E-state index contributed by atoms with van der Waals surface area (Å²) in [6.45, 7) is 3.86. The Labute approximate surface area is 394 Å². The van der Waals surface area contributed by atoms with E-state index in [4.69, 9.17) is 30.5 Å².